The molecule has 0 radical (unpaired) electrons. The summed E-state index contributed by atoms with van der Waals surface area (Å²) >= 11 is 0. The zero-order chi connectivity index (χ0) is 10.9. The molecule has 4 nitrogen and oxygen atoms in total. The number of hydrogen-bond acceptors (Lipinski definition) is 3. The van der Waals surface area contributed by atoms with Gasteiger partial charge in [0.2, 0.25) is 5.91 Å². The van der Waals surface area contributed by atoms with Gasteiger partial charge in [-0.2, -0.15) is 0 Å². The number of pyridine rings is 1. The van der Waals surface area contributed by atoms with Crippen LogP contribution in [0, 0.1) is 0 Å². The number of carbonyl (C=O) groups is 1. The van der Waals surface area contributed by atoms with E-state index in [9.17, 15) is 4.79 Å². The molecule has 1 rings (SSSR count). The summed E-state index contributed by atoms with van der Waals surface area (Å²) in [5, 5.41) is 2.85. The zero-order valence-electron chi connectivity index (χ0n) is 8.78. The summed E-state index contributed by atoms with van der Waals surface area (Å²) in [4.78, 5) is 15.3. The van der Waals surface area contributed by atoms with Crippen LogP contribution in [0.15, 0.2) is 24.5 Å². The monoisotopic (exact) mass is 207 g/mol. The highest BCUT2D eigenvalue weighted by Crippen LogP contribution is 1.97. The van der Waals surface area contributed by atoms with Gasteiger partial charge in [0.15, 0.2) is 0 Å². The van der Waals surface area contributed by atoms with Crippen molar-refractivity contribution in [3.8, 4) is 0 Å². The van der Waals surface area contributed by atoms with Crippen molar-refractivity contribution < 1.29 is 4.79 Å². The fourth-order valence-corrected chi connectivity index (χ4v) is 1.25. The van der Waals surface area contributed by atoms with Crippen LogP contribution in [0.3, 0.4) is 0 Å². The minimum absolute atomic E-state index is 0.0539. The molecule has 82 valence electrons. The molecule has 0 atom stereocenters. The van der Waals surface area contributed by atoms with Gasteiger partial charge in [0, 0.05) is 18.9 Å². The van der Waals surface area contributed by atoms with E-state index in [4.69, 9.17) is 5.73 Å². The van der Waals surface area contributed by atoms with E-state index in [1.54, 1.807) is 12.4 Å². The Morgan fingerprint density at radius 3 is 2.73 bits per heavy atom. The fraction of sp³-hybridized carbons (Fsp3) is 0.455. The molecule has 0 saturated heterocycles. The Hall–Kier alpha value is -1.42. The van der Waals surface area contributed by atoms with Crippen LogP contribution >= 0.6 is 0 Å². The molecule has 0 aliphatic heterocycles. The van der Waals surface area contributed by atoms with Crippen molar-refractivity contribution in [3.63, 3.8) is 0 Å². The molecule has 0 aliphatic carbocycles. The second-order valence-corrected chi connectivity index (χ2v) is 3.38. The van der Waals surface area contributed by atoms with E-state index in [0.717, 1.165) is 18.4 Å². The number of nitrogens with zero attached hydrogens (tertiary/aromatic N) is 1. The third kappa shape index (κ3) is 5.12. The Kier molecular flexibility index (Phi) is 5.40. The first-order valence-corrected chi connectivity index (χ1v) is 5.18. The van der Waals surface area contributed by atoms with E-state index in [1.165, 1.54) is 0 Å². The standard InChI is InChI=1S/C11H17N3O/c12-5-1-2-6-14-11(15)9-10-3-7-13-8-4-10/h3-4,7-8H,1-2,5-6,9,12H2,(H,14,15). The van der Waals surface area contributed by atoms with Crippen LogP contribution in [0.5, 0.6) is 0 Å². The molecule has 0 spiro atoms. The molecule has 1 amide bonds. The topological polar surface area (TPSA) is 68.0 Å². The van der Waals surface area contributed by atoms with Crippen LogP contribution in [0.2, 0.25) is 0 Å². The average molecular weight is 207 g/mol. The van der Waals surface area contributed by atoms with Gasteiger partial charge in [0.25, 0.3) is 0 Å². The van der Waals surface area contributed by atoms with Gasteiger partial charge in [0.05, 0.1) is 6.42 Å². The Balaban J connectivity index is 2.19. The third-order valence-corrected chi connectivity index (χ3v) is 2.07. The highest BCUT2D eigenvalue weighted by molar-refractivity contribution is 5.78. The maximum absolute atomic E-state index is 11.4. The summed E-state index contributed by atoms with van der Waals surface area (Å²) in [6, 6.07) is 3.69. The molecule has 4 heteroatoms. The van der Waals surface area contributed by atoms with Crippen LogP contribution in [-0.2, 0) is 11.2 Å². The summed E-state index contributed by atoms with van der Waals surface area (Å²) in [6.45, 7) is 1.39. The minimum Gasteiger partial charge on any atom is -0.356 e. The lowest BCUT2D eigenvalue weighted by Gasteiger charge is -2.04. The predicted molar refractivity (Wildman–Crippen MR) is 59.2 cm³/mol. The SMILES string of the molecule is NCCCCNC(=O)Cc1ccncc1. The van der Waals surface area contributed by atoms with Gasteiger partial charge < -0.3 is 11.1 Å². The molecule has 0 bridgehead atoms. The second kappa shape index (κ2) is 6.95. The smallest absolute Gasteiger partial charge is 0.224 e. The molecule has 0 unspecified atom stereocenters. The summed E-state index contributed by atoms with van der Waals surface area (Å²) in [5.74, 6) is 0.0539. The van der Waals surface area contributed by atoms with Gasteiger partial charge in [-0.15, -0.1) is 0 Å². The van der Waals surface area contributed by atoms with Gasteiger partial charge in [-0.3, -0.25) is 9.78 Å². The fourth-order valence-electron chi connectivity index (χ4n) is 1.25. The lowest BCUT2D eigenvalue weighted by molar-refractivity contribution is -0.120. The quantitative estimate of drug-likeness (QED) is 0.667. The van der Waals surface area contributed by atoms with Crippen molar-refractivity contribution in [2.75, 3.05) is 13.1 Å². The average Bonchev–Trinajstić information content (AvgIpc) is 2.26. The molecular weight excluding hydrogens is 190 g/mol. The van der Waals surface area contributed by atoms with Crippen molar-refractivity contribution in [2.24, 2.45) is 5.73 Å². The Labute approximate surface area is 89.9 Å². The highest BCUT2D eigenvalue weighted by Gasteiger charge is 2.01. The summed E-state index contributed by atoms with van der Waals surface area (Å²) < 4.78 is 0. The number of nitrogens with two attached hydrogens (primary N) is 1. The number of amides is 1. The molecule has 0 aliphatic rings. The van der Waals surface area contributed by atoms with Gasteiger partial charge in [-0.1, -0.05) is 0 Å². The van der Waals surface area contributed by atoms with Crippen molar-refractivity contribution in [1.82, 2.24) is 10.3 Å². The number of aromatic nitrogens is 1. The number of nitrogens with one attached hydrogen (secondary N) is 1. The van der Waals surface area contributed by atoms with Crippen molar-refractivity contribution in [1.29, 1.82) is 0 Å². The minimum atomic E-state index is 0.0539. The van der Waals surface area contributed by atoms with E-state index < -0.39 is 0 Å². The lowest BCUT2D eigenvalue weighted by atomic mass is 10.2. The van der Waals surface area contributed by atoms with Crippen molar-refractivity contribution >= 4 is 5.91 Å². The van der Waals surface area contributed by atoms with E-state index in [2.05, 4.69) is 10.3 Å². The number of unbranched alkanes of at least 4 members (excludes halogenated alkanes) is 1. The van der Waals surface area contributed by atoms with Crippen LogP contribution < -0.4 is 11.1 Å². The zero-order valence-corrected chi connectivity index (χ0v) is 8.78. The van der Waals surface area contributed by atoms with Crippen LogP contribution in [0.4, 0.5) is 0 Å². The normalized spacial score (nSPS) is 9.93. The van der Waals surface area contributed by atoms with Gasteiger partial charge >= 0.3 is 0 Å². The first-order chi connectivity index (χ1) is 7.33. The number of carbonyl (C=O) groups excluding carboxylic acids is 1. The molecule has 0 fully saturated rings. The molecule has 0 aromatic carbocycles. The Morgan fingerprint density at radius 1 is 1.33 bits per heavy atom. The van der Waals surface area contributed by atoms with Crippen molar-refractivity contribution in [2.45, 2.75) is 19.3 Å². The maximum Gasteiger partial charge on any atom is 0.224 e. The summed E-state index contributed by atoms with van der Waals surface area (Å²) in [7, 11) is 0. The highest BCUT2D eigenvalue weighted by atomic mass is 16.1. The second-order valence-electron chi connectivity index (χ2n) is 3.38. The van der Waals surface area contributed by atoms with Crippen molar-refractivity contribution in [3.05, 3.63) is 30.1 Å². The van der Waals surface area contributed by atoms with E-state index >= 15 is 0 Å². The Morgan fingerprint density at radius 2 is 2.07 bits per heavy atom. The maximum atomic E-state index is 11.4. The molecule has 15 heavy (non-hydrogen) atoms. The summed E-state index contributed by atoms with van der Waals surface area (Å²) in [6.07, 6.45) is 5.70. The van der Waals surface area contributed by atoms with Crippen LogP contribution in [0.25, 0.3) is 0 Å². The largest absolute Gasteiger partial charge is 0.356 e. The summed E-state index contributed by atoms with van der Waals surface area (Å²) in [5.41, 5.74) is 6.34. The molecular formula is C11H17N3O. The molecule has 3 N–H and O–H groups in total. The molecule has 1 aromatic rings. The predicted octanol–water partition coefficient (Wildman–Crippen LogP) is 0.479. The molecule has 0 saturated carbocycles. The molecule has 1 aromatic heterocycles. The lowest BCUT2D eigenvalue weighted by Crippen LogP contribution is -2.26. The van der Waals surface area contributed by atoms with E-state index in [0.29, 0.717) is 19.5 Å². The van der Waals surface area contributed by atoms with Gasteiger partial charge in [-0.05, 0) is 37.1 Å². The van der Waals surface area contributed by atoms with Crippen LogP contribution in [-0.4, -0.2) is 24.0 Å². The van der Waals surface area contributed by atoms with Gasteiger partial charge in [-0.25, -0.2) is 0 Å². The Bertz CT molecular complexity index is 287. The number of hydrogen-bond donors (Lipinski definition) is 2. The van der Waals surface area contributed by atoms with Gasteiger partial charge in [0.1, 0.15) is 0 Å². The molecule has 1 heterocycles. The van der Waals surface area contributed by atoms with E-state index in [1.807, 2.05) is 12.1 Å². The van der Waals surface area contributed by atoms with E-state index in [-0.39, 0.29) is 5.91 Å². The first kappa shape index (κ1) is 11.7. The third-order valence-electron chi connectivity index (χ3n) is 2.07. The first-order valence-electron chi connectivity index (χ1n) is 5.18. The number of rotatable bonds is 6. The van der Waals surface area contributed by atoms with Crippen LogP contribution in [0.1, 0.15) is 18.4 Å².